The second kappa shape index (κ2) is 38.5. The maximum absolute atomic E-state index is 13.8. The molecule has 0 saturated heterocycles. The number of anilines is 5. The van der Waals surface area contributed by atoms with Crippen molar-refractivity contribution in [2.75, 3.05) is 88.4 Å². The van der Waals surface area contributed by atoms with E-state index in [2.05, 4.69) is 66.2 Å². The van der Waals surface area contributed by atoms with Crippen molar-refractivity contribution >= 4 is 133 Å². The Balaban J connectivity index is 0.000000188. The van der Waals surface area contributed by atoms with Crippen LogP contribution in [0.15, 0.2) is 197 Å². The summed E-state index contributed by atoms with van der Waals surface area (Å²) < 4.78 is 230. The lowest BCUT2D eigenvalue weighted by Gasteiger charge is -2.22. The fourth-order valence-corrected chi connectivity index (χ4v) is 13.8. The third-order valence-electron chi connectivity index (χ3n) is 14.2. The first-order valence-corrected chi connectivity index (χ1v) is 36.8. The monoisotopic (exact) mass is 1670 g/mol. The Morgan fingerprint density at radius 3 is 0.766 bits per heavy atom. The summed E-state index contributed by atoms with van der Waals surface area (Å²) in [6.07, 6.45) is -23.4. The number of alkyl halides is 15. The summed E-state index contributed by atoms with van der Waals surface area (Å²) in [5.41, 5.74) is 6.26. The van der Waals surface area contributed by atoms with E-state index in [4.69, 9.17) is 0 Å². The number of carbonyl (C=O) groups is 5. The van der Waals surface area contributed by atoms with Crippen LogP contribution in [0.25, 0.3) is 11.1 Å². The first-order valence-electron chi connectivity index (χ1n) is 31.0. The van der Waals surface area contributed by atoms with Crippen LogP contribution < -0.4 is 26.6 Å². The van der Waals surface area contributed by atoms with E-state index in [9.17, 15) is 94.2 Å². The van der Waals surface area contributed by atoms with Crippen molar-refractivity contribution in [3.05, 3.63) is 225 Å². The number of ether oxygens (including phenoxy) is 5. The van der Waals surface area contributed by atoms with Gasteiger partial charge in [-0.25, -0.2) is 4.39 Å². The molecule has 5 aliphatic heterocycles. The molecule has 107 heavy (non-hydrogen) atoms. The quantitative estimate of drug-likeness (QED) is 0.0769. The minimum atomic E-state index is -4.76. The van der Waals surface area contributed by atoms with E-state index in [-0.39, 0.29) is 48.9 Å². The van der Waals surface area contributed by atoms with Gasteiger partial charge in [0, 0.05) is 62.8 Å². The van der Waals surface area contributed by atoms with Crippen molar-refractivity contribution in [3.8, 4) is 11.1 Å². The Morgan fingerprint density at radius 1 is 0.327 bits per heavy atom. The van der Waals surface area contributed by atoms with Crippen LogP contribution in [-0.2, 0) is 47.7 Å². The van der Waals surface area contributed by atoms with E-state index in [0.717, 1.165) is 81.1 Å². The number of nitrogens with one attached hydrogen (secondary N) is 5. The third kappa shape index (κ3) is 25.0. The molecular formula is C70H60BrF16N5O10S5. The fourth-order valence-electron chi connectivity index (χ4n) is 9.24. The molecule has 5 heterocycles. The zero-order chi connectivity index (χ0) is 78.6. The fraction of sp³-hybridized carbons (Fsp3) is 0.271. The first-order chi connectivity index (χ1) is 50.3. The first kappa shape index (κ1) is 85.7. The number of rotatable bonds is 11. The zero-order valence-corrected chi connectivity index (χ0v) is 61.6. The van der Waals surface area contributed by atoms with Crippen molar-refractivity contribution in [2.45, 2.75) is 58.6 Å². The molecule has 5 amide bonds. The van der Waals surface area contributed by atoms with E-state index in [1.165, 1.54) is 18.2 Å². The standard InChI is InChI=1S/C18H12BrF4NO2S.4C13H12F3NO2S/c19-12-6-5-10(9-13(12)20)11-3-1-2-4-14(11)24-17(25)15-16(18(21,22)23)26-7-8-27-15;4*1-8-4-2-3-5-9(8)17-12(18)10-11(13(14,15)16)19-6-7-20-10/h1-6,9H,7-8H2,(H,24,25);4*2-5H,6-7H2,1H3,(H,17,18). The van der Waals surface area contributed by atoms with Crippen molar-refractivity contribution in [1.82, 2.24) is 0 Å². The maximum Gasteiger partial charge on any atom is 0.450 e. The number of thioether (sulfide) groups is 5. The number of hydrogen-bond acceptors (Lipinski definition) is 15. The Labute approximate surface area is 630 Å². The molecule has 0 aromatic heterocycles. The van der Waals surface area contributed by atoms with Crippen molar-refractivity contribution < 1.29 is 118 Å². The van der Waals surface area contributed by atoms with Gasteiger partial charge in [0.15, 0.2) is 0 Å². The average Bonchev–Trinajstić information content (AvgIpc) is 0.990. The van der Waals surface area contributed by atoms with Gasteiger partial charge in [-0.15, -0.1) is 58.8 Å². The van der Waals surface area contributed by atoms with Gasteiger partial charge in [-0.2, -0.15) is 65.9 Å². The Morgan fingerprint density at radius 2 is 0.542 bits per heavy atom. The molecule has 0 unspecified atom stereocenters. The van der Waals surface area contributed by atoms with Gasteiger partial charge >= 0.3 is 30.9 Å². The molecule has 6 aromatic carbocycles. The summed E-state index contributed by atoms with van der Waals surface area (Å²) in [5, 5.41) is 12.4. The highest BCUT2D eigenvalue weighted by Gasteiger charge is 2.47. The highest BCUT2D eigenvalue weighted by atomic mass is 79.9. The van der Waals surface area contributed by atoms with Crippen LogP contribution >= 0.6 is 74.7 Å². The highest BCUT2D eigenvalue weighted by molar-refractivity contribution is 9.10. The topological polar surface area (TPSA) is 192 Å². The minimum absolute atomic E-state index is 0.0549. The van der Waals surface area contributed by atoms with E-state index in [1.807, 2.05) is 0 Å². The summed E-state index contributed by atoms with van der Waals surface area (Å²) in [7, 11) is 0. The lowest BCUT2D eigenvalue weighted by molar-refractivity contribution is -0.133. The van der Waals surface area contributed by atoms with Gasteiger partial charge in [-0.1, -0.05) is 97.1 Å². The minimum Gasteiger partial charge on any atom is -0.487 e. The predicted molar refractivity (Wildman–Crippen MR) is 385 cm³/mol. The normalized spacial score (nSPS) is 15.5. The third-order valence-corrected chi connectivity index (χ3v) is 20.0. The smallest absolute Gasteiger partial charge is 0.450 e. The van der Waals surface area contributed by atoms with Gasteiger partial charge in [0.25, 0.3) is 29.5 Å². The number of amides is 5. The SMILES string of the molecule is Cc1ccccc1NC(=O)C1=C(C(F)(F)F)OCCS1.Cc1ccccc1NC(=O)C1=C(C(F)(F)F)OCCS1.Cc1ccccc1NC(=O)C1=C(C(F)(F)F)OCCS1.Cc1ccccc1NC(=O)C1=C(C(F)(F)F)OCCS1.O=C(Nc1ccccc1-c1ccc(Br)c(F)c1)C1=C(C(F)(F)F)OCCS1. The lowest BCUT2D eigenvalue weighted by Crippen LogP contribution is -2.26. The molecule has 37 heteroatoms. The Bertz CT molecular complexity index is 4000. The molecule has 0 aliphatic carbocycles. The molecule has 6 aromatic rings. The van der Waals surface area contributed by atoms with Crippen LogP contribution in [-0.4, -0.2) is 122 Å². The molecule has 0 radical (unpaired) electrons. The van der Waals surface area contributed by atoms with Crippen LogP contribution in [0.5, 0.6) is 0 Å². The molecule has 0 atom stereocenters. The number of allylic oxidation sites excluding steroid dienone is 5. The van der Waals surface area contributed by atoms with Gasteiger partial charge < -0.3 is 50.3 Å². The van der Waals surface area contributed by atoms with E-state index >= 15 is 0 Å². The molecule has 0 fully saturated rings. The van der Waals surface area contributed by atoms with Gasteiger partial charge in [-0.3, -0.25) is 24.0 Å². The Hall–Kier alpha value is -8.52. The molecule has 5 N–H and O–H groups in total. The Kier molecular flexibility index (Phi) is 30.9. The summed E-state index contributed by atoms with van der Waals surface area (Å²) in [6.45, 7) is 6.71. The number of para-hydroxylation sites is 5. The van der Waals surface area contributed by atoms with Gasteiger partial charge in [-0.05, 0) is 114 Å². The van der Waals surface area contributed by atoms with Crippen LogP contribution in [0.3, 0.4) is 0 Å². The van der Waals surface area contributed by atoms with Gasteiger partial charge in [0.1, 0.15) is 30.3 Å². The van der Waals surface area contributed by atoms with Crippen LogP contribution in [0, 0.1) is 33.5 Å². The van der Waals surface area contributed by atoms with Crippen molar-refractivity contribution in [1.29, 1.82) is 0 Å². The summed E-state index contributed by atoms with van der Waals surface area (Å²) >= 11 is 7.27. The number of hydrogen-bond donors (Lipinski definition) is 5. The largest absolute Gasteiger partial charge is 0.487 e. The molecular weight excluding hydrogens is 1620 g/mol. The van der Waals surface area contributed by atoms with Crippen LogP contribution in [0.1, 0.15) is 22.3 Å². The van der Waals surface area contributed by atoms with E-state index in [1.54, 1.807) is 149 Å². The van der Waals surface area contributed by atoms with Crippen molar-refractivity contribution in [2.24, 2.45) is 0 Å². The van der Waals surface area contributed by atoms with Gasteiger partial charge in [0.05, 0.1) is 37.5 Å². The second-order valence-corrected chi connectivity index (χ2v) is 28.3. The predicted octanol–water partition coefficient (Wildman–Crippen LogP) is 19.6. The molecule has 0 spiro atoms. The lowest BCUT2D eigenvalue weighted by atomic mass is 10.0. The summed E-state index contributed by atoms with van der Waals surface area (Å²) in [6, 6.07) is 38.4. The highest BCUT2D eigenvalue weighted by Crippen LogP contribution is 2.43. The second-order valence-electron chi connectivity index (χ2n) is 22.0. The van der Waals surface area contributed by atoms with Gasteiger partial charge in [0.2, 0.25) is 28.8 Å². The number of aryl methyl sites for hydroxylation is 4. The zero-order valence-electron chi connectivity index (χ0n) is 55.9. The summed E-state index contributed by atoms with van der Waals surface area (Å²) in [4.78, 5) is 58.3. The number of benzene rings is 6. The van der Waals surface area contributed by atoms with Crippen LogP contribution in [0.4, 0.5) is 98.7 Å². The number of halogens is 17. The molecule has 574 valence electrons. The molecule has 0 bridgehead atoms. The summed E-state index contributed by atoms with van der Waals surface area (Å²) in [5.74, 6) is -9.22. The van der Waals surface area contributed by atoms with E-state index < -0.39 is 120 Å². The molecule has 0 saturated carbocycles. The molecule has 15 nitrogen and oxygen atoms in total. The maximum atomic E-state index is 13.8. The average molecular weight is 1680 g/mol. The number of carbonyl (C=O) groups excluding carboxylic acids is 5. The molecule has 5 aliphatic rings. The van der Waals surface area contributed by atoms with Crippen molar-refractivity contribution in [3.63, 3.8) is 0 Å². The van der Waals surface area contributed by atoms with E-state index in [0.29, 0.717) is 56.9 Å². The van der Waals surface area contributed by atoms with Crippen LogP contribution in [0.2, 0.25) is 0 Å². The molecule has 11 rings (SSSR count).